The first-order valence-electron chi connectivity index (χ1n) is 5.94. The number of halogens is 2. The molecule has 7 nitrogen and oxygen atoms in total. The fraction of sp³-hybridized carbons (Fsp3) is 0.0769. The van der Waals surface area contributed by atoms with Gasteiger partial charge >= 0.3 is 5.69 Å². The van der Waals surface area contributed by atoms with Crippen LogP contribution in [0.15, 0.2) is 41.0 Å². The quantitative estimate of drug-likeness (QED) is 0.627. The van der Waals surface area contributed by atoms with Crippen molar-refractivity contribution in [2.45, 2.75) is 0 Å². The first-order chi connectivity index (χ1) is 10.5. The molecule has 0 radical (unpaired) electrons. The highest BCUT2D eigenvalue weighted by molar-refractivity contribution is 9.10. The molecule has 0 bridgehead atoms. The van der Waals surface area contributed by atoms with Gasteiger partial charge in [-0.3, -0.25) is 14.9 Å². The average Bonchev–Trinajstić information content (AvgIpc) is 2.48. The molecule has 0 unspecified atom stereocenters. The first-order valence-corrected chi connectivity index (χ1v) is 7.11. The third-order valence-electron chi connectivity index (χ3n) is 2.48. The molecule has 0 aliphatic rings. The number of nitrogens with one attached hydrogen (secondary N) is 1. The van der Waals surface area contributed by atoms with E-state index in [1.54, 1.807) is 24.3 Å². The summed E-state index contributed by atoms with van der Waals surface area (Å²) in [6, 6.07) is 7.91. The van der Waals surface area contributed by atoms with Gasteiger partial charge in [-0.05, 0) is 28.1 Å². The van der Waals surface area contributed by atoms with Gasteiger partial charge in [-0.2, -0.15) is 0 Å². The van der Waals surface area contributed by atoms with Gasteiger partial charge in [0, 0.05) is 16.7 Å². The number of rotatable bonds is 5. The van der Waals surface area contributed by atoms with Crippen LogP contribution >= 0.6 is 27.5 Å². The number of ether oxygens (including phenoxy) is 1. The van der Waals surface area contributed by atoms with Gasteiger partial charge < -0.3 is 10.1 Å². The molecule has 1 aromatic carbocycles. The molecule has 1 amide bonds. The lowest BCUT2D eigenvalue weighted by molar-refractivity contribution is -0.384. The zero-order chi connectivity index (χ0) is 16.1. The number of nitro groups is 1. The molecule has 9 heteroatoms. The van der Waals surface area contributed by atoms with E-state index >= 15 is 0 Å². The van der Waals surface area contributed by atoms with Crippen LogP contribution in [0.4, 0.5) is 11.5 Å². The molecule has 1 aromatic heterocycles. The minimum Gasteiger partial charge on any atom is -0.482 e. The predicted octanol–water partition coefficient (Wildman–Crippen LogP) is 3.42. The van der Waals surface area contributed by atoms with Gasteiger partial charge in [0.15, 0.2) is 6.61 Å². The summed E-state index contributed by atoms with van der Waals surface area (Å²) in [7, 11) is 0. The lowest BCUT2D eigenvalue weighted by atomic mass is 10.3. The lowest BCUT2D eigenvalue weighted by Gasteiger charge is -2.08. The second-order valence-electron chi connectivity index (χ2n) is 4.05. The molecule has 1 heterocycles. The van der Waals surface area contributed by atoms with Gasteiger partial charge in [0.2, 0.25) is 5.82 Å². The Hall–Kier alpha value is -2.19. The van der Waals surface area contributed by atoms with Crippen molar-refractivity contribution < 1.29 is 14.5 Å². The smallest absolute Gasteiger partial charge is 0.312 e. The summed E-state index contributed by atoms with van der Waals surface area (Å²) >= 11 is 8.97. The molecular weight excluding hydrogens is 378 g/mol. The number of aromatic nitrogens is 1. The maximum atomic E-state index is 11.8. The van der Waals surface area contributed by atoms with Gasteiger partial charge in [-0.1, -0.05) is 23.7 Å². The highest BCUT2D eigenvalue weighted by atomic mass is 79.9. The number of pyridine rings is 1. The molecule has 0 spiro atoms. The summed E-state index contributed by atoms with van der Waals surface area (Å²) in [5, 5.41) is 13.6. The van der Waals surface area contributed by atoms with E-state index in [1.807, 2.05) is 0 Å². The molecule has 2 rings (SSSR count). The van der Waals surface area contributed by atoms with Gasteiger partial charge in [-0.15, -0.1) is 0 Å². The SMILES string of the molecule is O=C(COc1ccccc1Cl)Nc1ncc(Br)cc1[N+](=O)[O-]. The van der Waals surface area contributed by atoms with Crippen LogP contribution in [0.1, 0.15) is 0 Å². The summed E-state index contributed by atoms with van der Waals surface area (Å²) in [6.07, 6.45) is 1.34. The van der Waals surface area contributed by atoms with Crippen molar-refractivity contribution in [3.63, 3.8) is 0 Å². The van der Waals surface area contributed by atoms with E-state index in [4.69, 9.17) is 16.3 Å². The first kappa shape index (κ1) is 16.2. The van der Waals surface area contributed by atoms with E-state index in [-0.39, 0.29) is 18.1 Å². The van der Waals surface area contributed by atoms with Crippen LogP contribution in [0.3, 0.4) is 0 Å². The monoisotopic (exact) mass is 385 g/mol. The lowest BCUT2D eigenvalue weighted by Crippen LogP contribution is -2.21. The number of carbonyl (C=O) groups is 1. The molecule has 0 aliphatic heterocycles. The van der Waals surface area contributed by atoms with E-state index in [9.17, 15) is 14.9 Å². The summed E-state index contributed by atoms with van der Waals surface area (Å²) in [4.78, 5) is 25.9. The summed E-state index contributed by atoms with van der Waals surface area (Å²) in [6.45, 7) is -0.349. The highest BCUT2D eigenvalue weighted by Gasteiger charge is 2.18. The Balaban J connectivity index is 2.04. The fourth-order valence-corrected chi connectivity index (χ4v) is 2.05. The highest BCUT2D eigenvalue weighted by Crippen LogP contribution is 2.26. The van der Waals surface area contributed by atoms with Gasteiger partial charge in [0.05, 0.1) is 9.95 Å². The van der Waals surface area contributed by atoms with Crippen molar-refractivity contribution >= 4 is 44.9 Å². The zero-order valence-corrected chi connectivity index (χ0v) is 13.3. The predicted molar refractivity (Wildman–Crippen MR) is 84.2 cm³/mol. The van der Waals surface area contributed by atoms with E-state index in [0.717, 1.165) is 0 Å². The van der Waals surface area contributed by atoms with E-state index in [2.05, 4.69) is 26.2 Å². The average molecular weight is 387 g/mol. The van der Waals surface area contributed by atoms with Crippen molar-refractivity contribution in [3.05, 3.63) is 56.1 Å². The van der Waals surface area contributed by atoms with Crippen molar-refractivity contribution in [1.82, 2.24) is 4.98 Å². The Morgan fingerprint density at radius 1 is 1.45 bits per heavy atom. The summed E-state index contributed by atoms with van der Waals surface area (Å²) in [5.41, 5.74) is -0.319. The van der Waals surface area contributed by atoms with Crippen LogP contribution in [0.5, 0.6) is 5.75 Å². The van der Waals surface area contributed by atoms with Crippen LogP contribution < -0.4 is 10.1 Å². The second-order valence-corrected chi connectivity index (χ2v) is 5.37. The van der Waals surface area contributed by atoms with Crippen LogP contribution in [0.2, 0.25) is 5.02 Å². The van der Waals surface area contributed by atoms with Gasteiger partial charge in [-0.25, -0.2) is 4.98 Å². The zero-order valence-electron chi connectivity index (χ0n) is 11.0. The Morgan fingerprint density at radius 2 is 2.18 bits per heavy atom. The maximum Gasteiger partial charge on any atom is 0.312 e. The minimum atomic E-state index is -0.637. The number of benzene rings is 1. The normalized spacial score (nSPS) is 10.1. The van der Waals surface area contributed by atoms with E-state index < -0.39 is 10.8 Å². The Morgan fingerprint density at radius 3 is 2.86 bits per heavy atom. The number of para-hydroxylation sites is 1. The Bertz CT molecular complexity index is 726. The third-order valence-corrected chi connectivity index (χ3v) is 3.23. The van der Waals surface area contributed by atoms with Gasteiger partial charge in [0.25, 0.3) is 5.91 Å². The molecule has 0 fully saturated rings. The second kappa shape index (κ2) is 7.19. The number of anilines is 1. The molecule has 2 aromatic rings. The number of amides is 1. The maximum absolute atomic E-state index is 11.8. The number of hydrogen-bond acceptors (Lipinski definition) is 5. The van der Waals surface area contributed by atoms with E-state index in [1.165, 1.54) is 12.3 Å². The number of hydrogen-bond donors (Lipinski definition) is 1. The Kier molecular flexibility index (Phi) is 5.29. The Labute approximate surface area is 138 Å². The molecule has 22 heavy (non-hydrogen) atoms. The summed E-state index contributed by atoms with van der Waals surface area (Å²) < 4.78 is 5.68. The van der Waals surface area contributed by atoms with Crippen molar-refractivity contribution in [2.75, 3.05) is 11.9 Å². The standard InChI is InChI=1S/C13H9BrClN3O4/c14-8-5-10(18(20)21)13(16-6-8)17-12(19)7-22-11-4-2-1-3-9(11)15/h1-6H,7H2,(H,16,17,19). The van der Waals surface area contributed by atoms with Crippen molar-refractivity contribution in [2.24, 2.45) is 0 Å². The molecule has 114 valence electrons. The van der Waals surface area contributed by atoms with Crippen LogP contribution in [0.25, 0.3) is 0 Å². The molecule has 0 saturated carbocycles. The molecule has 0 saturated heterocycles. The van der Waals surface area contributed by atoms with Crippen LogP contribution in [0, 0.1) is 10.1 Å². The summed E-state index contributed by atoms with van der Waals surface area (Å²) in [5.74, 6) is -0.392. The fourth-order valence-electron chi connectivity index (χ4n) is 1.54. The van der Waals surface area contributed by atoms with Crippen molar-refractivity contribution in [1.29, 1.82) is 0 Å². The van der Waals surface area contributed by atoms with Gasteiger partial charge in [0.1, 0.15) is 5.75 Å². The molecule has 0 aliphatic carbocycles. The van der Waals surface area contributed by atoms with Crippen molar-refractivity contribution in [3.8, 4) is 5.75 Å². The molecule has 1 N–H and O–H groups in total. The number of nitrogens with zero attached hydrogens (tertiary/aromatic N) is 2. The van der Waals surface area contributed by atoms with Crippen LogP contribution in [-0.2, 0) is 4.79 Å². The topological polar surface area (TPSA) is 94.4 Å². The largest absolute Gasteiger partial charge is 0.482 e. The van der Waals surface area contributed by atoms with Crippen LogP contribution in [-0.4, -0.2) is 22.4 Å². The molecule has 0 atom stereocenters. The number of carbonyl (C=O) groups excluding carboxylic acids is 1. The van der Waals surface area contributed by atoms with E-state index in [0.29, 0.717) is 15.2 Å². The minimum absolute atomic E-state index is 0.152. The third kappa shape index (κ3) is 4.15. The molecular formula is C13H9BrClN3O4.